The van der Waals surface area contributed by atoms with Crippen molar-refractivity contribution >= 4 is 17.2 Å². The van der Waals surface area contributed by atoms with Crippen LogP contribution in [0.25, 0.3) is 0 Å². The van der Waals surface area contributed by atoms with E-state index in [0.717, 1.165) is 76.1 Å². The maximum absolute atomic E-state index is 7.00. The Bertz CT molecular complexity index is 1650. The van der Waals surface area contributed by atoms with Gasteiger partial charge in [0, 0.05) is 0 Å². The Balaban J connectivity index is 1.26. The summed E-state index contributed by atoms with van der Waals surface area (Å²) in [6.07, 6.45) is 65.5. The molecule has 2 fully saturated rings. The molecule has 0 spiro atoms. The maximum atomic E-state index is 7.00. The van der Waals surface area contributed by atoms with Crippen LogP contribution in [0.2, 0.25) is 0 Å². The lowest BCUT2D eigenvalue weighted by Crippen LogP contribution is -2.38. The van der Waals surface area contributed by atoms with E-state index in [9.17, 15) is 0 Å². The van der Waals surface area contributed by atoms with Crippen molar-refractivity contribution in [1.82, 2.24) is 0 Å². The molecule has 2 aliphatic carbocycles. The molecule has 480 valence electrons. The monoisotopic (exact) mass is 1190 g/mol. The molecule has 2 saturated carbocycles. The van der Waals surface area contributed by atoms with Crippen molar-refractivity contribution < 1.29 is 27.1 Å². The van der Waals surface area contributed by atoms with Crippen LogP contribution in [-0.2, 0) is 30.9 Å². The van der Waals surface area contributed by atoms with E-state index in [1.165, 1.54) is 281 Å². The Kier molecular flexibility index (Phi) is 45.2. The molecule has 0 N–H and O–H groups in total. The Morgan fingerprint density at radius 2 is 0.614 bits per heavy atom. The fourth-order valence-corrected chi connectivity index (χ4v) is 15.7. The largest absolute Gasteiger partial charge is 0.463 e. The smallest absolute Gasteiger partial charge is 0.418 e. The second-order valence-electron chi connectivity index (χ2n) is 26.8. The van der Waals surface area contributed by atoms with Crippen LogP contribution in [0.5, 0.6) is 11.5 Å². The predicted molar refractivity (Wildman–Crippen MR) is 362 cm³/mol. The van der Waals surface area contributed by atoms with Crippen molar-refractivity contribution in [1.29, 1.82) is 0 Å². The summed E-state index contributed by atoms with van der Waals surface area (Å²) in [4.78, 5) is 0. The van der Waals surface area contributed by atoms with E-state index in [2.05, 4.69) is 90.1 Å². The highest BCUT2D eigenvalue weighted by molar-refractivity contribution is 7.42. The summed E-state index contributed by atoms with van der Waals surface area (Å²) in [5.41, 5.74) is 2.96. The van der Waals surface area contributed by atoms with Gasteiger partial charge in [-0.1, -0.05) is 297 Å². The molecule has 0 radical (unpaired) electrons. The average molecular weight is 1190 g/mol. The first-order chi connectivity index (χ1) is 40.8. The zero-order valence-corrected chi connectivity index (χ0v) is 57.3. The Morgan fingerprint density at radius 3 is 0.928 bits per heavy atom. The molecule has 2 aliphatic rings. The fraction of sp³-hybridized carbons (Fsp3) is 0.840. The molecule has 0 saturated heterocycles. The van der Waals surface area contributed by atoms with Crippen molar-refractivity contribution in [3.8, 4) is 11.5 Å². The highest BCUT2D eigenvalue weighted by atomic mass is 31.2. The lowest BCUT2D eigenvalue weighted by Gasteiger charge is -2.46. The number of hydrogen-bond acceptors (Lipinski definition) is 6. The lowest BCUT2D eigenvalue weighted by atomic mass is 9.60. The second kappa shape index (κ2) is 50.6. The highest BCUT2D eigenvalue weighted by Gasteiger charge is 2.42. The predicted octanol–water partition coefficient (Wildman–Crippen LogP) is 26.6. The van der Waals surface area contributed by atoms with Crippen molar-refractivity contribution in [3.05, 3.63) is 59.7 Å². The van der Waals surface area contributed by atoms with Crippen LogP contribution >= 0.6 is 17.2 Å². The molecule has 0 aliphatic heterocycles. The first kappa shape index (κ1) is 74.2. The zero-order chi connectivity index (χ0) is 58.9. The Hall–Kier alpha value is -1.26. The molecular formula is C75H134O6P2. The topological polar surface area (TPSA) is 55.4 Å². The minimum absolute atomic E-state index is 0.127. The molecule has 4 rings (SSSR count). The van der Waals surface area contributed by atoms with Crippen LogP contribution in [0.15, 0.2) is 48.5 Å². The minimum Gasteiger partial charge on any atom is -0.418 e. The van der Waals surface area contributed by atoms with Gasteiger partial charge >= 0.3 is 17.2 Å². The molecule has 2 aromatic rings. The molecule has 0 aromatic heterocycles. The normalized spacial score (nSPS) is 17.7. The summed E-state index contributed by atoms with van der Waals surface area (Å²) in [6, 6.07) is 17.6. The summed E-state index contributed by atoms with van der Waals surface area (Å²) < 4.78 is 40.4. The molecular weight excluding hydrogens is 1060 g/mol. The Labute approximate surface area is 518 Å². The number of rotatable bonds is 56. The minimum atomic E-state index is -1.64. The third-order valence-corrected chi connectivity index (χ3v) is 21.6. The van der Waals surface area contributed by atoms with Gasteiger partial charge in [0.1, 0.15) is 11.5 Å². The van der Waals surface area contributed by atoms with Gasteiger partial charge in [-0.25, -0.2) is 0 Å². The first-order valence-electron chi connectivity index (χ1n) is 36.6. The number of aryl methyl sites for hydroxylation is 2. The lowest BCUT2D eigenvalue weighted by molar-refractivity contribution is 0.00531. The highest BCUT2D eigenvalue weighted by Crippen LogP contribution is 2.53. The standard InChI is InChI=1S/C75H134O6P2/c1-7-11-15-19-23-27-31-35-39-43-49-67-51-47-53-73(65-67)80-83(81-74-54-48-52-68(66-74)50-44-40-36-32-28-24-20-16-12-8-2)79-72-61-57-70(58-62-72)75(5,6)69-55-59-71(60-56-69)78-82(76-63-45-41-37-33-29-25-21-17-13-9-3)77-64-46-42-38-34-30-26-22-18-14-10-4/h47-48,51-54,65-66,69-72H,7-46,49-50,55-64H2,1-6H3. The number of benzene rings is 2. The molecule has 0 unspecified atom stereocenters. The summed E-state index contributed by atoms with van der Waals surface area (Å²) in [7, 11) is -2.95. The molecule has 0 atom stereocenters. The summed E-state index contributed by atoms with van der Waals surface area (Å²) in [5, 5.41) is 0. The van der Waals surface area contributed by atoms with E-state index >= 15 is 0 Å². The van der Waals surface area contributed by atoms with Gasteiger partial charge in [0.15, 0.2) is 0 Å². The molecule has 0 amide bonds. The molecule has 8 heteroatoms. The molecule has 0 bridgehead atoms. The van der Waals surface area contributed by atoms with Gasteiger partial charge < -0.3 is 22.6 Å². The van der Waals surface area contributed by atoms with E-state index in [4.69, 9.17) is 27.1 Å². The maximum Gasteiger partial charge on any atom is 0.463 e. The molecule has 0 heterocycles. The third kappa shape index (κ3) is 36.7. The summed E-state index contributed by atoms with van der Waals surface area (Å²) >= 11 is 0. The van der Waals surface area contributed by atoms with Gasteiger partial charge in [0.05, 0.1) is 25.4 Å². The third-order valence-electron chi connectivity index (χ3n) is 19.1. The van der Waals surface area contributed by atoms with Crippen molar-refractivity contribution in [3.63, 3.8) is 0 Å². The van der Waals surface area contributed by atoms with Gasteiger partial charge in [-0.15, -0.1) is 0 Å². The van der Waals surface area contributed by atoms with Crippen LogP contribution < -0.4 is 9.05 Å². The van der Waals surface area contributed by atoms with Gasteiger partial charge in [0.25, 0.3) is 0 Å². The van der Waals surface area contributed by atoms with Crippen molar-refractivity contribution in [2.24, 2.45) is 17.3 Å². The molecule has 2 aromatic carbocycles. The van der Waals surface area contributed by atoms with E-state index in [1.54, 1.807) is 0 Å². The van der Waals surface area contributed by atoms with E-state index in [1.807, 2.05) is 0 Å². The fourth-order valence-electron chi connectivity index (χ4n) is 13.3. The van der Waals surface area contributed by atoms with E-state index in [-0.39, 0.29) is 17.6 Å². The van der Waals surface area contributed by atoms with Crippen LogP contribution in [0.1, 0.15) is 361 Å². The molecule has 6 nitrogen and oxygen atoms in total. The average Bonchev–Trinajstić information content (AvgIpc) is 3.68. The SMILES string of the molecule is CCCCCCCCCCCCOP(OCCCCCCCCCCCC)OC1CCC(C(C)(C)C2CCC(OP(Oc3cccc(CCCCCCCCCCCC)c3)Oc3cccc(CCCCCCCCCCCC)c3)CC2)CC1. The Morgan fingerprint density at radius 1 is 0.337 bits per heavy atom. The summed E-state index contributed by atoms with van der Waals surface area (Å²) in [5.74, 6) is 3.10. The van der Waals surface area contributed by atoms with Gasteiger partial charge in [0.2, 0.25) is 0 Å². The zero-order valence-electron chi connectivity index (χ0n) is 55.5. The second-order valence-corrected chi connectivity index (χ2v) is 29.0. The van der Waals surface area contributed by atoms with Gasteiger partial charge in [-0.3, -0.25) is 4.52 Å². The van der Waals surface area contributed by atoms with Gasteiger partial charge in [-0.2, -0.15) is 0 Å². The number of hydrogen-bond donors (Lipinski definition) is 0. The van der Waals surface area contributed by atoms with E-state index in [0.29, 0.717) is 11.8 Å². The quantitative estimate of drug-likeness (QED) is 0.0486. The first-order valence-corrected chi connectivity index (χ1v) is 38.8. The van der Waals surface area contributed by atoms with Crippen LogP contribution in [0, 0.1) is 17.3 Å². The van der Waals surface area contributed by atoms with Crippen LogP contribution in [0.3, 0.4) is 0 Å². The number of unbranched alkanes of at least 4 members (excludes halogenated alkanes) is 36. The van der Waals surface area contributed by atoms with Crippen LogP contribution in [-0.4, -0.2) is 25.4 Å². The van der Waals surface area contributed by atoms with E-state index < -0.39 is 17.2 Å². The van der Waals surface area contributed by atoms with Gasteiger partial charge in [-0.05, 0) is 143 Å². The van der Waals surface area contributed by atoms with Crippen molar-refractivity contribution in [2.75, 3.05) is 13.2 Å². The molecule has 83 heavy (non-hydrogen) atoms. The summed E-state index contributed by atoms with van der Waals surface area (Å²) in [6.45, 7) is 15.9. The van der Waals surface area contributed by atoms with Crippen molar-refractivity contribution in [2.45, 2.75) is 375 Å². The van der Waals surface area contributed by atoms with Crippen LogP contribution in [0.4, 0.5) is 0 Å².